The van der Waals surface area contributed by atoms with Gasteiger partial charge in [0.05, 0.1) is 0 Å². The van der Waals surface area contributed by atoms with Crippen molar-refractivity contribution in [3.8, 4) is 23.6 Å². The van der Waals surface area contributed by atoms with E-state index in [1.165, 1.54) is 10.8 Å². The molecule has 0 fully saturated rings. The van der Waals surface area contributed by atoms with E-state index in [0.717, 1.165) is 0 Å². The first kappa shape index (κ1) is 15.7. The summed E-state index contributed by atoms with van der Waals surface area (Å²) < 4.78 is 0. The van der Waals surface area contributed by atoms with Gasteiger partial charge >= 0.3 is 0 Å². The maximum atomic E-state index is 7.18. The number of nitrogens with zero attached hydrogens (tertiary/aromatic N) is 2. The lowest BCUT2D eigenvalue weighted by Crippen LogP contribution is -0.961. The monoisotopic (exact) mass is 144 g/mol. The molecule has 0 unspecified atom stereocenters. The molecular weight excluding hydrogens is 140 g/mol. The van der Waals surface area contributed by atoms with Crippen molar-refractivity contribution in [2.45, 2.75) is 0 Å². The van der Waals surface area contributed by atoms with Gasteiger partial charge in [-0.2, -0.15) is 10.5 Å². The number of hydrogen-bond donors (Lipinski definition) is 2. The summed E-state index contributed by atoms with van der Waals surface area (Å²) in [5.74, 6) is 0. The molecule has 0 aliphatic carbocycles. The van der Waals surface area contributed by atoms with Crippen LogP contribution in [0.1, 0.15) is 0 Å². The average molecular weight is 144 g/mol. The molecule has 0 rings (SSSR count). The summed E-state index contributed by atoms with van der Waals surface area (Å²) in [6.07, 6.45) is 8.00. The van der Waals surface area contributed by atoms with E-state index in [4.69, 9.17) is 10.5 Å². The van der Waals surface area contributed by atoms with Crippen LogP contribution in [0, 0.1) is 34.2 Å². The minimum Gasteiger partial charge on any atom is -0.185 e. The van der Waals surface area contributed by atoms with Crippen molar-refractivity contribution in [3.63, 3.8) is 0 Å². The molecule has 0 saturated heterocycles. The van der Waals surface area contributed by atoms with Crippen molar-refractivity contribution >= 4 is 25.3 Å². The number of nitriles is 2. The van der Waals surface area contributed by atoms with E-state index in [-0.39, 0.29) is 0 Å². The Morgan fingerprint density at radius 1 is 1.00 bits per heavy atom. The van der Waals surface area contributed by atoms with Crippen LogP contribution < -0.4 is 0 Å². The van der Waals surface area contributed by atoms with Gasteiger partial charge in [0.1, 0.15) is 10.8 Å². The van der Waals surface area contributed by atoms with Crippen LogP contribution in [0.5, 0.6) is 0 Å². The summed E-state index contributed by atoms with van der Waals surface area (Å²) in [5.41, 5.74) is 0. The fourth-order valence-corrected chi connectivity index (χ4v) is 0. The predicted octanol–water partition coefficient (Wildman–Crippen LogP) is 1.04. The van der Waals surface area contributed by atoms with E-state index in [0.29, 0.717) is 0 Å². The number of thiol groups is 2. The Labute approximate surface area is 59.9 Å². The first-order valence-corrected chi connectivity index (χ1v) is 2.12. The van der Waals surface area contributed by atoms with E-state index in [2.05, 4.69) is 38.1 Å². The zero-order valence-corrected chi connectivity index (χ0v) is 5.73. The molecule has 0 saturated carbocycles. The summed E-state index contributed by atoms with van der Waals surface area (Å²) in [7, 11) is 0. The van der Waals surface area contributed by atoms with Gasteiger partial charge in [0, 0.05) is 0 Å². The van der Waals surface area contributed by atoms with Crippen LogP contribution in [0.4, 0.5) is 0 Å². The van der Waals surface area contributed by atoms with Crippen molar-refractivity contribution in [1.29, 1.82) is 10.5 Å². The molecule has 0 atom stereocenters. The summed E-state index contributed by atoms with van der Waals surface area (Å²) in [6.45, 7) is 0. The van der Waals surface area contributed by atoms with Gasteiger partial charge in [-0.25, -0.2) is 0 Å². The van der Waals surface area contributed by atoms with Crippen molar-refractivity contribution in [2.75, 3.05) is 0 Å². The van der Waals surface area contributed by atoms with Crippen molar-refractivity contribution in [3.05, 3.63) is 0 Å². The van der Waals surface area contributed by atoms with Gasteiger partial charge < -0.3 is 0 Å². The summed E-state index contributed by atoms with van der Waals surface area (Å²) in [5, 5.41) is 17.3. The molecule has 0 aromatic rings. The largest absolute Gasteiger partial charge is 0.185 e. The smallest absolute Gasteiger partial charge is 0.130 e. The summed E-state index contributed by atoms with van der Waals surface area (Å²) in [6, 6.07) is 0. The molecule has 0 aromatic heterocycles. The quantitative estimate of drug-likeness (QED) is 0.303. The van der Waals surface area contributed by atoms with Gasteiger partial charge in [0.15, 0.2) is 0 Å². The maximum absolute atomic E-state index is 7.18. The summed E-state index contributed by atoms with van der Waals surface area (Å²) in [4.78, 5) is 0. The van der Waals surface area contributed by atoms with Crippen LogP contribution in [-0.2, 0) is 0 Å². The molecule has 0 radical (unpaired) electrons. The maximum Gasteiger partial charge on any atom is 0.130 e. The lowest BCUT2D eigenvalue weighted by Gasteiger charge is -1.14. The SMILES string of the molecule is C#C.N#CS.N#CS. The van der Waals surface area contributed by atoms with Gasteiger partial charge in [-0.15, -0.1) is 12.8 Å². The second-order valence-corrected chi connectivity index (χ2v) is 0.600. The molecule has 2 nitrogen and oxygen atoms in total. The Balaban J connectivity index is -0.0000000483. The molecule has 0 amide bonds. The van der Waals surface area contributed by atoms with Crippen molar-refractivity contribution in [1.82, 2.24) is 0 Å². The fraction of sp³-hybridized carbons (Fsp3) is 0. The molecule has 0 aliphatic heterocycles. The number of hydrogen-bond acceptors (Lipinski definition) is 4. The van der Waals surface area contributed by atoms with Crippen LogP contribution in [0.15, 0.2) is 0 Å². The van der Waals surface area contributed by atoms with Crippen LogP contribution in [-0.4, -0.2) is 0 Å². The van der Waals surface area contributed by atoms with E-state index in [1.807, 2.05) is 0 Å². The molecule has 4 heteroatoms. The highest BCUT2D eigenvalue weighted by atomic mass is 32.1. The predicted molar refractivity (Wildman–Crippen MR) is 39.1 cm³/mol. The van der Waals surface area contributed by atoms with Gasteiger partial charge in [0.25, 0.3) is 0 Å². The Morgan fingerprint density at radius 3 is 1.00 bits per heavy atom. The molecule has 0 heterocycles. The lowest BCUT2D eigenvalue weighted by molar-refractivity contribution is 1.57. The minimum atomic E-state index is 1.44. The molecule has 0 aliphatic rings. The highest BCUT2D eigenvalue weighted by Crippen LogP contribution is 1.46. The molecule has 0 aromatic carbocycles. The summed E-state index contributed by atoms with van der Waals surface area (Å²) >= 11 is 6.19. The Morgan fingerprint density at radius 2 is 1.00 bits per heavy atom. The molecule has 0 bridgehead atoms. The van der Waals surface area contributed by atoms with Crippen LogP contribution in [0.3, 0.4) is 0 Å². The Kier molecular flexibility index (Phi) is 218. The highest BCUT2D eigenvalue weighted by molar-refractivity contribution is 7.85. The van der Waals surface area contributed by atoms with Crippen molar-refractivity contribution in [2.24, 2.45) is 0 Å². The first-order chi connectivity index (χ1) is 3.83. The molecule has 42 valence electrons. The van der Waals surface area contributed by atoms with E-state index in [1.54, 1.807) is 0 Å². The standard InChI is InChI=1S/C2H2.2CHNS/c1-2;2*2-1-3/h1-2H;2*3H. The highest BCUT2D eigenvalue weighted by Gasteiger charge is 1.18. The van der Waals surface area contributed by atoms with Crippen LogP contribution in [0.2, 0.25) is 0 Å². The number of rotatable bonds is 0. The molecule has 8 heavy (non-hydrogen) atoms. The number of terminal acetylenes is 1. The molecule has 0 spiro atoms. The Hall–Kier alpha value is -0.760. The normalized spacial score (nSPS) is 2.25. The number of thiocyanates is 2. The second kappa shape index (κ2) is 111. The third kappa shape index (κ3) is 163. The van der Waals surface area contributed by atoms with Crippen molar-refractivity contribution < 1.29 is 0 Å². The molecular formula is C4H4N2S2. The zero-order valence-electron chi connectivity index (χ0n) is 3.94. The topological polar surface area (TPSA) is 47.6 Å². The van der Waals surface area contributed by atoms with Crippen LogP contribution in [0.25, 0.3) is 0 Å². The van der Waals surface area contributed by atoms with E-state index < -0.39 is 0 Å². The lowest BCUT2D eigenvalue weighted by atomic mass is 11.4. The van der Waals surface area contributed by atoms with Gasteiger partial charge in [-0.05, 0) is 0 Å². The fourth-order valence-electron chi connectivity index (χ4n) is 0. The van der Waals surface area contributed by atoms with Gasteiger partial charge in [-0.3, -0.25) is 0 Å². The van der Waals surface area contributed by atoms with Gasteiger partial charge in [0.2, 0.25) is 0 Å². The average Bonchev–Trinajstić information content (AvgIpc) is 1.75. The van der Waals surface area contributed by atoms with Crippen LogP contribution >= 0.6 is 25.3 Å². The second-order valence-electron chi connectivity index (χ2n) is 0.200. The van der Waals surface area contributed by atoms with E-state index >= 15 is 0 Å². The van der Waals surface area contributed by atoms with Gasteiger partial charge in [-0.1, -0.05) is 25.3 Å². The van der Waals surface area contributed by atoms with E-state index in [9.17, 15) is 0 Å². The first-order valence-electron chi connectivity index (χ1n) is 1.23. The Bertz CT molecular complexity index is 93.4. The minimum absolute atomic E-state index is 1.44. The molecule has 0 N–H and O–H groups in total. The third-order valence-corrected chi connectivity index (χ3v) is 0. The zero-order chi connectivity index (χ0) is 7.41. The third-order valence-electron chi connectivity index (χ3n) is 0.